The first kappa shape index (κ1) is 13.7. The summed E-state index contributed by atoms with van der Waals surface area (Å²) >= 11 is 3.56. The molecule has 16 heavy (non-hydrogen) atoms. The minimum absolute atomic E-state index is 0.187. The highest BCUT2D eigenvalue weighted by atomic mass is 79.9. The van der Waals surface area contributed by atoms with Gasteiger partial charge in [0.15, 0.2) is 0 Å². The van der Waals surface area contributed by atoms with Crippen LogP contribution in [0.4, 0.5) is 0 Å². The fourth-order valence-corrected chi connectivity index (χ4v) is 2.17. The van der Waals surface area contributed by atoms with Crippen LogP contribution in [0.3, 0.4) is 0 Å². The molecule has 0 heterocycles. The van der Waals surface area contributed by atoms with E-state index in [1.807, 2.05) is 6.92 Å². The Labute approximate surface area is 106 Å². The number of aryl methyl sites for hydroxylation is 1. The Balaban J connectivity index is 2.27. The van der Waals surface area contributed by atoms with Gasteiger partial charge in [0.05, 0.1) is 6.10 Å². The molecule has 0 aliphatic carbocycles. The van der Waals surface area contributed by atoms with Gasteiger partial charge in [-0.25, -0.2) is 0 Å². The minimum atomic E-state index is -0.187. The first-order valence-electron chi connectivity index (χ1n) is 5.73. The Kier molecular flexibility index (Phi) is 6.03. The Hall–Kier alpha value is -0.380. The predicted octanol–water partition coefficient (Wildman–Crippen LogP) is 3.01. The van der Waals surface area contributed by atoms with Crippen molar-refractivity contribution in [3.05, 3.63) is 33.8 Å². The van der Waals surface area contributed by atoms with Crippen LogP contribution in [0.1, 0.15) is 30.9 Å². The number of hydrogen-bond acceptors (Lipinski definition) is 2. The summed E-state index contributed by atoms with van der Waals surface area (Å²) < 4.78 is 1.16. The van der Waals surface area contributed by atoms with E-state index < -0.39 is 0 Å². The van der Waals surface area contributed by atoms with Gasteiger partial charge in [-0.05, 0) is 50.4 Å². The summed E-state index contributed by atoms with van der Waals surface area (Å²) in [4.78, 5) is 0. The summed E-state index contributed by atoms with van der Waals surface area (Å²) in [6, 6.07) is 6.39. The Morgan fingerprint density at radius 3 is 2.81 bits per heavy atom. The highest BCUT2D eigenvalue weighted by Crippen LogP contribution is 2.17. The van der Waals surface area contributed by atoms with Gasteiger partial charge in [-0.1, -0.05) is 28.1 Å². The number of rotatable bonds is 6. The van der Waals surface area contributed by atoms with Crippen molar-refractivity contribution in [1.29, 1.82) is 0 Å². The second-order valence-corrected chi connectivity index (χ2v) is 5.12. The quantitative estimate of drug-likeness (QED) is 0.788. The van der Waals surface area contributed by atoms with Gasteiger partial charge in [0.25, 0.3) is 0 Å². The van der Waals surface area contributed by atoms with Gasteiger partial charge in [-0.2, -0.15) is 0 Å². The summed E-state index contributed by atoms with van der Waals surface area (Å²) in [6.07, 6.45) is 1.69. The zero-order valence-corrected chi connectivity index (χ0v) is 11.5. The maximum atomic E-state index is 9.11. The first-order valence-corrected chi connectivity index (χ1v) is 6.52. The second kappa shape index (κ2) is 7.05. The first-order chi connectivity index (χ1) is 7.59. The minimum Gasteiger partial charge on any atom is -0.393 e. The standard InChI is InChI=1S/C13H20BrNO/c1-10-5-6-12(13(14)8-10)9-15-7-3-4-11(2)16/h5-6,8,11,15-16H,3-4,7,9H2,1-2H3. The second-order valence-electron chi connectivity index (χ2n) is 4.26. The number of hydrogen-bond donors (Lipinski definition) is 2. The van der Waals surface area contributed by atoms with Gasteiger partial charge in [-0.3, -0.25) is 0 Å². The molecular formula is C13H20BrNO. The molecule has 1 atom stereocenters. The average molecular weight is 286 g/mol. The van der Waals surface area contributed by atoms with Crippen LogP contribution >= 0.6 is 15.9 Å². The molecule has 0 bridgehead atoms. The molecule has 1 aromatic carbocycles. The van der Waals surface area contributed by atoms with Crippen LogP contribution in [0, 0.1) is 6.92 Å². The fourth-order valence-electron chi connectivity index (χ4n) is 1.54. The number of aliphatic hydroxyl groups excluding tert-OH is 1. The fraction of sp³-hybridized carbons (Fsp3) is 0.538. The van der Waals surface area contributed by atoms with Crippen molar-refractivity contribution in [1.82, 2.24) is 5.32 Å². The number of halogens is 1. The molecule has 2 nitrogen and oxygen atoms in total. The lowest BCUT2D eigenvalue weighted by atomic mass is 10.1. The molecule has 0 aliphatic heterocycles. The van der Waals surface area contributed by atoms with E-state index in [0.717, 1.165) is 30.4 Å². The van der Waals surface area contributed by atoms with Gasteiger partial charge >= 0.3 is 0 Å². The summed E-state index contributed by atoms with van der Waals surface area (Å²) in [7, 11) is 0. The average Bonchev–Trinajstić information content (AvgIpc) is 2.20. The maximum Gasteiger partial charge on any atom is 0.0512 e. The summed E-state index contributed by atoms with van der Waals surface area (Å²) in [5.74, 6) is 0. The van der Waals surface area contributed by atoms with Crippen molar-refractivity contribution in [3.8, 4) is 0 Å². The van der Waals surface area contributed by atoms with Gasteiger partial charge < -0.3 is 10.4 Å². The van der Waals surface area contributed by atoms with E-state index in [0.29, 0.717) is 0 Å². The van der Waals surface area contributed by atoms with E-state index in [1.54, 1.807) is 0 Å². The normalized spacial score (nSPS) is 12.8. The molecule has 1 unspecified atom stereocenters. The van der Waals surface area contributed by atoms with Gasteiger partial charge in [0, 0.05) is 11.0 Å². The smallest absolute Gasteiger partial charge is 0.0512 e. The molecule has 0 radical (unpaired) electrons. The molecule has 3 heteroatoms. The van der Waals surface area contributed by atoms with Gasteiger partial charge in [0.1, 0.15) is 0 Å². The van der Waals surface area contributed by atoms with Crippen LogP contribution < -0.4 is 5.32 Å². The Morgan fingerprint density at radius 1 is 1.44 bits per heavy atom. The highest BCUT2D eigenvalue weighted by Gasteiger charge is 2.00. The summed E-state index contributed by atoms with van der Waals surface area (Å²) in [5.41, 5.74) is 2.55. The van der Waals surface area contributed by atoms with Crippen LogP contribution in [0.5, 0.6) is 0 Å². The monoisotopic (exact) mass is 285 g/mol. The van der Waals surface area contributed by atoms with Crippen molar-refractivity contribution in [3.63, 3.8) is 0 Å². The third-order valence-corrected chi connectivity index (χ3v) is 3.24. The predicted molar refractivity (Wildman–Crippen MR) is 71.5 cm³/mol. The topological polar surface area (TPSA) is 32.3 Å². The van der Waals surface area contributed by atoms with E-state index in [2.05, 4.69) is 46.4 Å². The van der Waals surface area contributed by atoms with Crippen LogP contribution in [0.2, 0.25) is 0 Å². The number of aliphatic hydroxyl groups is 1. The summed E-state index contributed by atoms with van der Waals surface area (Å²) in [6.45, 7) is 5.74. The molecule has 1 rings (SSSR count). The lowest BCUT2D eigenvalue weighted by molar-refractivity contribution is 0.181. The molecule has 0 aliphatic rings. The van der Waals surface area contributed by atoms with Crippen LogP contribution in [0.15, 0.2) is 22.7 Å². The van der Waals surface area contributed by atoms with Crippen molar-refractivity contribution in [2.45, 2.75) is 39.3 Å². The molecule has 2 N–H and O–H groups in total. The summed E-state index contributed by atoms with van der Waals surface area (Å²) in [5, 5.41) is 12.5. The largest absolute Gasteiger partial charge is 0.393 e. The number of benzene rings is 1. The third kappa shape index (κ3) is 5.10. The Morgan fingerprint density at radius 2 is 2.19 bits per heavy atom. The third-order valence-electron chi connectivity index (χ3n) is 2.50. The van der Waals surface area contributed by atoms with E-state index in [4.69, 9.17) is 5.11 Å². The molecule has 0 saturated carbocycles. The van der Waals surface area contributed by atoms with Gasteiger partial charge in [-0.15, -0.1) is 0 Å². The molecule has 90 valence electrons. The lowest BCUT2D eigenvalue weighted by Crippen LogP contribution is -2.16. The molecule has 0 aromatic heterocycles. The van der Waals surface area contributed by atoms with Crippen LogP contribution in [-0.2, 0) is 6.54 Å². The van der Waals surface area contributed by atoms with E-state index in [-0.39, 0.29) is 6.10 Å². The van der Waals surface area contributed by atoms with Crippen molar-refractivity contribution >= 4 is 15.9 Å². The zero-order chi connectivity index (χ0) is 12.0. The molecule has 0 fully saturated rings. The molecule has 1 aromatic rings. The van der Waals surface area contributed by atoms with Gasteiger partial charge in [0.2, 0.25) is 0 Å². The van der Waals surface area contributed by atoms with E-state index in [1.165, 1.54) is 11.1 Å². The van der Waals surface area contributed by atoms with Crippen molar-refractivity contribution in [2.75, 3.05) is 6.54 Å². The highest BCUT2D eigenvalue weighted by molar-refractivity contribution is 9.10. The van der Waals surface area contributed by atoms with E-state index >= 15 is 0 Å². The maximum absolute atomic E-state index is 9.11. The molecule has 0 saturated heterocycles. The molecule has 0 spiro atoms. The SMILES string of the molecule is Cc1ccc(CNCCCC(C)O)c(Br)c1. The van der Waals surface area contributed by atoms with Crippen molar-refractivity contribution < 1.29 is 5.11 Å². The van der Waals surface area contributed by atoms with Crippen LogP contribution in [-0.4, -0.2) is 17.8 Å². The number of nitrogens with one attached hydrogen (secondary N) is 1. The Bertz CT molecular complexity index is 326. The van der Waals surface area contributed by atoms with E-state index in [9.17, 15) is 0 Å². The zero-order valence-electron chi connectivity index (χ0n) is 9.96. The molecule has 0 amide bonds. The van der Waals surface area contributed by atoms with Crippen molar-refractivity contribution in [2.24, 2.45) is 0 Å². The van der Waals surface area contributed by atoms with Crippen LogP contribution in [0.25, 0.3) is 0 Å². The lowest BCUT2D eigenvalue weighted by Gasteiger charge is -2.08. The molecular weight excluding hydrogens is 266 g/mol.